The number of anilines is 1. The number of benzene rings is 2. The maximum absolute atomic E-state index is 12.2. The molecule has 3 aromatic rings. The summed E-state index contributed by atoms with van der Waals surface area (Å²) in [4.78, 5) is 16.4. The minimum absolute atomic E-state index is 0.135. The first-order valence-electron chi connectivity index (χ1n) is 8.58. The Bertz CT molecular complexity index is 970. The molecule has 1 aliphatic rings. The summed E-state index contributed by atoms with van der Waals surface area (Å²) in [6.45, 7) is 1.04. The fraction of sp³-hybridized carbons (Fsp3) is 0.200. The van der Waals surface area contributed by atoms with Crippen molar-refractivity contribution in [1.82, 2.24) is 4.98 Å². The molecule has 0 fully saturated rings. The van der Waals surface area contributed by atoms with Crippen LogP contribution in [0.25, 0.3) is 11.3 Å². The van der Waals surface area contributed by atoms with Crippen LogP contribution in [0.3, 0.4) is 0 Å². The number of aryl methyl sites for hydroxylation is 1. The van der Waals surface area contributed by atoms with Crippen molar-refractivity contribution >= 4 is 23.2 Å². The minimum atomic E-state index is -0.135. The number of oxazole rings is 1. The lowest BCUT2D eigenvalue weighted by Gasteiger charge is -2.18. The SMILES string of the molecule is O=C(CCc1ncc(-c2ccccc2Cl)o1)Nc1ccc2c(c1)OCCO2. The van der Waals surface area contributed by atoms with Gasteiger partial charge < -0.3 is 19.2 Å². The van der Waals surface area contributed by atoms with E-state index in [1.165, 1.54) is 0 Å². The van der Waals surface area contributed by atoms with Crippen molar-refractivity contribution in [2.24, 2.45) is 0 Å². The van der Waals surface area contributed by atoms with Gasteiger partial charge in [0.05, 0.1) is 11.2 Å². The van der Waals surface area contributed by atoms with Crippen LogP contribution >= 0.6 is 11.6 Å². The Balaban J connectivity index is 1.35. The van der Waals surface area contributed by atoms with Crippen molar-refractivity contribution in [1.29, 1.82) is 0 Å². The Labute approximate surface area is 161 Å². The first-order valence-corrected chi connectivity index (χ1v) is 8.96. The molecule has 0 radical (unpaired) electrons. The topological polar surface area (TPSA) is 73.6 Å². The quantitative estimate of drug-likeness (QED) is 0.708. The van der Waals surface area contributed by atoms with E-state index in [1.54, 1.807) is 30.5 Å². The van der Waals surface area contributed by atoms with Crippen LogP contribution in [0.5, 0.6) is 11.5 Å². The first-order chi connectivity index (χ1) is 13.2. The zero-order valence-corrected chi connectivity index (χ0v) is 15.2. The summed E-state index contributed by atoms with van der Waals surface area (Å²) in [5.41, 5.74) is 1.44. The summed E-state index contributed by atoms with van der Waals surface area (Å²) in [6.07, 6.45) is 2.26. The van der Waals surface area contributed by atoms with Gasteiger partial charge in [-0.2, -0.15) is 0 Å². The molecule has 0 aliphatic carbocycles. The predicted octanol–water partition coefficient (Wildman–Crippen LogP) is 4.34. The number of amides is 1. The Kier molecular flexibility index (Phi) is 4.98. The lowest BCUT2D eigenvalue weighted by atomic mass is 10.2. The highest BCUT2D eigenvalue weighted by Gasteiger charge is 2.14. The van der Waals surface area contributed by atoms with Crippen LogP contribution in [0, 0.1) is 0 Å². The monoisotopic (exact) mass is 384 g/mol. The van der Waals surface area contributed by atoms with E-state index >= 15 is 0 Å². The van der Waals surface area contributed by atoms with Crippen molar-refractivity contribution < 1.29 is 18.7 Å². The number of hydrogen-bond donors (Lipinski definition) is 1. The highest BCUT2D eigenvalue weighted by atomic mass is 35.5. The number of rotatable bonds is 5. The third-order valence-electron chi connectivity index (χ3n) is 4.08. The third-order valence-corrected chi connectivity index (χ3v) is 4.41. The molecule has 27 heavy (non-hydrogen) atoms. The summed E-state index contributed by atoms with van der Waals surface area (Å²) < 4.78 is 16.7. The molecule has 1 N–H and O–H groups in total. The lowest BCUT2D eigenvalue weighted by molar-refractivity contribution is -0.116. The fourth-order valence-corrected chi connectivity index (χ4v) is 3.01. The van der Waals surface area contributed by atoms with Gasteiger partial charge in [0.15, 0.2) is 23.1 Å². The van der Waals surface area contributed by atoms with Crippen LogP contribution in [-0.2, 0) is 11.2 Å². The zero-order chi connectivity index (χ0) is 18.6. The Morgan fingerprint density at radius 2 is 1.93 bits per heavy atom. The van der Waals surface area contributed by atoms with E-state index in [0.717, 1.165) is 5.56 Å². The van der Waals surface area contributed by atoms with E-state index in [2.05, 4.69) is 10.3 Å². The van der Waals surface area contributed by atoms with Gasteiger partial charge in [0.1, 0.15) is 13.2 Å². The normalized spacial score (nSPS) is 12.6. The standard InChI is InChI=1S/C20H17ClN2O4/c21-15-4-2-1-3-14(15)18-12-22-20(27-18)8-7-19(24)23-13-5-6-16-17(11-13)26-10-9-25-16/h1-6,11-12H,7-10H2,(H,23,24). The van der Waals surface area contributed by atoms with Gasteiger partial charge in [0.2, 0.25) is 5.91 Å². The molecule has 0 saturated carbocycles. The van der Waals surface area contributed by atoms with Gasteiger partial charge in [-0.15, -0.1) is 0 Å². The highest BCUT2D eigenvalue weighted by molar-refractivity contribution is 6.33. The number of aromatic nitrogens is 1. The Morgan fingerprint density at radius 3 is 2.78 bits per heavy atom. The second-order valence-electron chi connectivity index (χ2n) is 6.00. The fourth-order valence-electron chi connectivity index (χ4n) is 2.78. The number of carbonyl (C=O) groups is 1. The van der Waals surface area contributed by atoms with Gasteiger partial charge in [-0.25, -0.2) is 4.98 Å². The Hall–Kier alpha value is -2.99. The minimum Gasteiger partial charge on any atom is -0.486 e. The van der Waals surface area contributed by atoms with Crippen LogP contribution in [0.15, 0.2) is 53.1 Å². The van der Waals surface area contributed by atoms with E-state index < -0.39 is 0 Å². The number of carbonyl (C=O) groups excluding carboxylic acids is 1. The predicted molar refractivity (Wildman–Crippen MR) is 101 cm³/mol. The lowest BCUT2D eigenvalue weighted by Crippen LogP contribution is -2.16. The van der Waals surface area contributed by atoms with Crippen molar-refractivity contribution in [2.75, 3.05) is 18.5 Å². The van der Waals surface area contributed by atoms with E-state index in [4.69, 9.17) is 25.5 Å². The number of halogens is 1. The molecule has 1 aliphatic heterocycles. The summed E-state index contributed by atoms with van der Waals surface area (Å²) >= 11 is 6.17. The van der Waals surface area contributed by atoms with Gasteiger partial charge in [-0.3, -0.25) is 4.79 Å². The molecular weight excluding hydrogens is 368 g/mol. The van der Waals surface area contributed by atoms with Crippen molar-refractivity contribution in [2.45, 2.75) is 12.8 Å². The first kappa shape index (κ1) is 17.4. The van der Waals surface area contributed by atoms with E-state index in [1.807, 2.05) is 18.2 Å². The van der Waals surface area contributed by atoms with Crippen molar-refractivity contribution in [3.63, 3.8) is 0 Å². The van der Waals surface area contributed by atoms with E-state index in [0.29, 0.717) is 53.5 Å². The second kappa shape index (κ2) is 7.72. The number of hydrogen-bond acceptors (Lipinski definition) is 5. The molecule has 0 bridgehead atoms. The number of nitrogens with zero attached hydrogens (tertiary/aromatic N) is 1. The van der Waals surface area contributed by atoms with Crippen LogP contribution in [-0.4, -0.2) is 24.1 Å². The van der Waals surface area contributed by atoms with Crippen molar-refractivity contribution in [3.05, 3.63) is 59.6 Å². The van der Waals surface area contributed by atoms with Gasteiger partial charge in [0.25, 0.3) is 0 Å². The molecule has 6 nitrogen and oxygen atoms in total. The van der Waals surface area contributed by atoms with Crippen LogP contribution in [0.1, 0.15) is 12.3 Å². The maximum Gasteiger partial charge on any atom is 0.224 e. The molecule has 2 heterocycles. The van der Waals surface area contributed by atoms with E-state index in [9.17, 15) is 4.79 Å². The average Bonchev–Trinajstić information content (AvgIpc) is 3.15. The summed E-state index contributed by atoms with van der Waals surface area (Å²) in [5, 5.41) is 3.44. The molecule has 138 valence electrons. The maximum atomic E-state index is 12.2. The molecule has 1 amide bonds. The molecule has 7 heteroatoms. The van der Waals surface area contributed by atoms with Crippen LogP contribution in [0.4, 0.5) is 5.69 Å². The van der Waals surface area contributed by atoms with Crippen molar-refractivity contribution in [3.8, 4) is 22.8 Å². The van der Waals surface area contributed by atoms with Gasteiger partial charge in [0, 0.05) is 30.2 Å². The number of fused-ring (bicyclic) bond motifs is 1. The second-order valence-corrected chi connectivity index (χ2v) is 6.41. The van der Waals surface area contributed by atoms with E-state index in [-0.39, 0.29) is 12.3 Å². The molecule has 0 saturated heterocycles. The van der Waals surface area contributed by atoms with Gasteiger partial charge in [-0.1, -0.05) is 23.7 Å². The summed E-state index contributed by atoms with van der Waals surface area (Å²) in [5.74, 6) is 2.26. The molecular formula is C20H17ClN2O4. The number of nitrogens with one attached hydrogen (secondary N) is 1. The van der Waals surface area contributed by atoms with Gasteiger partial charge >= 0.3 is 0 Å². The molecule has 1 aromatic heterocycles. The average molecular weight is 385 g/mol. The summed E-state index contributed by atoms with van der Waals surface area (Å²) in [6, 6.07) is 12.7. The number of ether oxygens (including phenoxy) is 2. The molecule has 0 spiro atoms. The summed E-state index contributed by atoms with van der Waals surface area (Å²) in [7, 11) is 0. The third kappa shape index (κ3) is 4.06. The van der Waals surface area contributed by atoms with Gasteiger partial charge in [-0.05, 0) is 24.3 Å². The van der Waals surface area contributed by atoms with Crippen LogP contribution in [0.2, 0.25) is 5.02 Å². The molecule has 0 atom stereocenters. The van der Waals surface area contributed by atoms with Crippen LogP contribution < -0.4 is 14.8 Å². The smallest absolute Gasteiger partial charge is 0.224 e. The molecule has 4 rings (SSSR count). The molecule has 2 aromatic carbocycles. The molecule has 0 unspecified atom stereocenters. The largest absolute Gasteiger partial charge is 0.486 e. The zero-order valence-electron chi connectivity index (χ0n) is 14.4. The highest BCUT2D eigenvalue weighted by Crippen LogP contribution is 2.32. The Morgan fingerprint density at radius 1 is 1.11 bits per heavy atom.